The Hall–Kier alpha value is -1.26. The SMILES string of the molecule is Nc1cc(Cl)ccc1Oc1ccc(Br)cn1. The summed E-state index contributed by atoms with van der Waals surface area (Å²) in [5, 5.41) is 0.577. The van der Waals surface area contributed by atoms with Gasteiger partial charge in [0.2, 0.25) is 5.88 Å². The summed E-state index contributed by atoms with van der Waals surface area (Å²) in [5.74, 6) is 1.02. The molecule has 0 spiro atoms. The molecule has 1 aromatic carbocycles. The topological polar surface area (TPSA) is 48.1 Å². The Morgan fingerprint density at radius 1 is 1.25 bits per heavy atom. The minimum atomic E-state index is 0.484. The van der Waals surface area contributed by atoms with Crippen LogP contribution in [0.4, 0.5) is 5.69 Å². The summed E-state index contributed by atoms with van der Waals surface area (Å²) in [4.78, 5) is 4.08. The van der Waals surface area contributed by atoms with Gasteiger partial charge in [0.1, 0.15) is 0 Å². The highest BCUT2D eigenvalue weighted by molar-refractivity contribution is 9.10. The fraction of sp³-hybridized carbons (Fsp3) is 0. The van der Waals surface area contributed by atoms with E-state index in [1.54, 1.807) is 30.5 Å². The van der Waals surface area contributed by atoms with Crippen molar-refractivity contribution in [2.45, 2.75) is 0 Å². The largest absolute Gasteiger partial charge is 0.437 e. The van der Waals surface area contributed by atoms with Crippen LogP contribution in [-0.2, 0) is 0 Å². The number of ether oxygens (including phenoxy) is 1. The summed E-state index contributed by atoms with van der Waals surface area (Å²) in [7, 11) is 0. The highest BCUT2D eigenvalue weighted by Crippen LogP contribution is 2.28. The van der Waals surface area contributed by atoms with Gasteiger partial charge in [-0.2, -0.15) is 0 Å². The van der Waals surface area contributed by atoms with Crippen LogP contribution in [0.15, 0.2) is 41.0 Å². The molecule has 0 bridgehead atoms. The molecule has 1 aromatic heterocycles. The number of benzene rings is 1. The summed E-state index contributed by atoms with van der Waals surface area (Å²) in [5.41, 5.74) is 6.24. The number of hydrogen-bond acceptors (Lipinski definition) is 3. The number of pyridine rings is 1. The van der Waals surface area contributed by atoms with Crippen molar-refractivity contribution >= 4 is 33.2 Å². The molecule has 0 fully saturated rings. The van der Waals surface area contributed by atoms with Gasteiger partial charge in [-0.1, -0.05) is 11.6 Å². The maximum absolute atomic E-state index is 5.78. The van der Waals surface area contributed by atoms with E-state index in [-0.39, 0.29) is 0 Å². The molecule has 0 saturated heterocycles. The standard InChI is InChI=1S/C11H8BrClN2O/c12-7-1-4-11(15-6-7)16-10-3-2-8(13)5-9(10)14/h1-6H,14H2. The minimum Gasteiger partial charge on any atom is -0.437 e. The number of aromatic nitrogens is 1. The third-order valence-corrected chi connectivity index (χ3v) is 2.59. The van der Waals surface area contributed by atoms with E-state index in [2.05, 4.69) is 20.9 Å². The number of rotatable bonds is 2. The lowest BCUT2D eigenvalue weighted by Crippen LogP contribution is -1.93. The second-order valence-corrected chi connectivity index (χ2v) is 4.45. The predicted molar refractivity (Wildman–Crippen MR) is 67.9 cm³/mol. The summed E-state index contributed by atoms with van der Waals surface area (Å²) in [6, 6.07) is 8.65. The average molecular weight is 300 g/mol. The van der Waals surface area contributed by atoms with Gasteiger partial charge in [0.25, 0.3) is 0 Å². The van der Waals surface area contributed by atoms with Crippen molar-refractivity contribution in [3.8, 4) is 11.6 Å². The van der Waals surface area contributed by atoms with Crippen LogP contribution in [-0.4, -0.2) is 4.98 Å². The van der Waals surface area contributed by atoms with Gasteiger partial charge in [0.05, 0.1) is 5.69 Å². The van der Waals surface area contributed by atoms with Crippen LogP contribution >= 0.6 is 27.5 Å². The highest BCUT2D eigenvalue weighted by Gasteiger charge is 2.03. The maximum Gasteiger partial charge on any atom is 0.219 e. The first kappa shape index (κ1) is 11.2. The van der Waals surface area contributed by atoms with E-state index in [0.717, 1.165) is 4.47 Å². The molecule has 2 N–H and O–H groups in total. The van der Waals surface area contributed by atoms with Gasteiger partial charge >= 0.3 is 0 Å². The van der Waals surface area contributed by atoms with Crippen LogP contribution in [0.5, 0.6) is 11.6 Å². The zero-order chi connectivity index (χ0) is 11.5. The molecule has 2 rings (SSSR count). The number of nitrogens with zero attached hydrogens (tertiary/aromatic N) is 1. The van der Waals surface area contributed by atoms with E-state index in [9.17, 15) is 0 Å². The van der Waals surface area contributed by atoms with Gasteiger partial charge in [-0.3, -0.25) is 0 Å². The first-order chi connectivity index (χ1) is 7.65. The van der Waals surface area contributed by atoms with Crippen LogP contribution in [0, 0.1) is 0 Å². The molecule has 82 valence electrons. The van der Waals surface area contributed by atoms with Crippen molar-refractivity contribution in [3.63, 3.8) is 0 Å². The maximum atomic E-state index is 5.78. The molecule has 0 aliphatic rings. The Balaban J connectivity index is 2.23. The van der Waals surface area contributed by atoms with Crippen LogP contribution in [0.1, 0.15) is 0 Å². The number of nitrogen functional groups attached to an aromatic ring is 1. The lowest BCUT2D eigenvalue weighted by atomic mass is 10.3. The molecule has 0 radical (unpaired) electrons. The van der Waals surface area contributed by atoms with Gasteiger partial charge in [0, 0.05) is 21.8 Å². The van der Waals surface area contributed by atoms with E-state index in [0.29, 0.717) is 22.3 Å². The summed E-state index contributed by atoms with van der Waals surface area (Å²) in [6.07, 6.45) is 1.65. The molecule has 2 aromatic rings. The quantitative estimate of drug-likeness (QED) is 0.856. The van der Waals surface area contributed by atoms with Gasteiger partial charge in [-0.15, -0.1) is 0 Å². The molecule has 0 amide bonds. The fourth-order valence-corrected chi connectivity index (χ4v) is 1.56. The Morgan fingerprint density at radius 2 is 2.06 bits per heavy atom. The van der Waals surface area contributed by atoms with E-state index in [4.69, 9.17) is 22.1 Å². The fourth-order valence-electron chi connectivity index (χ4n) is 1.15. The molecule has 1 heterocycles. The van der Waals surface area contributed by atoms with Gasteiger partial charge < -0.3 is 10.5 Å². The predicted octanol–water partition coefficient (Wildman–Crippen LogP) is 3.87. The third-order valence-electron chi connectivity index (χ3n) is 1.89. The Bertz CT molecular complexity index is 502. The molecular formula is C11H8BrClN2O. The van der Waals surface area contributed by atoms with Crippen LogP contribution in [0.2, 0.25) is 5.02 Å². The Labute approximate surface area is 106 Å². The molecule has 16 heavy (non-hydrogen) atoms. The molecule has 0 atom stereocenters. The lowest BCUT2D eigenvalue weighted by molar-refractivity contribution is 0.465. The number of anilines is 1. The molecule has 0 aliphatic heterocycles. The van der Waals surface area contributed by atoms with Crippen molar-refractivity contribution in [2.24, 2.45) is 0 Å². The first-order valence-corrected chi connectivity index (χ1v) is 5.67. The zero-order valence-corrected chi connectivity index (χ0v) is 10.5. The number of hydrogen-bond donors (Lipinski definition) is 1. The molecule has 0 unspecified atom stereocenters. The zero-order valence-electron chi connectivity index (χ0n) is 8.15. The summed E-state index contributed by atoms with van der Waals surface area (Å²) >= 11 is 9.08. The lowest BCUT2D eigenvalue weighted by Gasteiger charge is -2.07. The van der Waals surface area contributed by atoms with Crippen LogP contribution in [0.25, 0.3) is 0 Å². The Kier molecular flexibility index (Phi) is 3.31. The summed E-state index contributed by atoms with van der Waals surface area (Å²) in [6.45, 7) is 0. The summed E-state index contributed by atoms with van der Waals surface area (Å²) < 4.78 is 6.40. The highest BCUT2D eigenvalue weighted by atomic mass is 79.9. The first-order valence-electron chi connectivity index (χ1n) is 4.49. The third kappa shape index (κ3) is 2.65. The van der Waals surface area contributed by atoms with E-state index in [1.807, 2.05) is 6.07 Å². The van der Waals surface area contributed by atoms with E-state index >= 15 is 0 Å². The Morgan fingerprint density at radius 3 is 2.69 bits per heavy atom. The number of halogens is 2. The van der Waals surface area contributed by atoms with E-state index in [1.165, 1.54) is 0 Å². The molecule has 5 heteroatoms. The molecule has 0 saturated carbocycles. The second-order valence-electron chi connectivity index (χ2n) is 3.10. The van der Waals surface area contributed by atoms with Gasteiger partial charge in [-0.25, -0.2) is 4.98 Å². The average Bonchev–Trinajstić information content (AvgIpc) is 2.25. The van der Waals surface area contributed by atoms with Crippen molar-refractivity contribution in [3.05, 3.63) is 46.0 Å². The van der Waals surface area contributed by atoms with Crippen molar-refractivity contribution in [2.75, 3.05) is 5.73 Å². The van der Waals surface area contributed by atoms with Crippen molar-refractivity contribution in [1.82, 2.24) is 4.98 Å². The van der Waals surface area contributed by atoms with Crippen LogP contribution < -0.4 is 10.5 Å². The van der Waals surface area contributed by atoms with E-state index < -0.39 is 0 Å². The smallest absolute Gasteiger partial charge is 0.219 e. The second kappa shape index (κ2) is 4.72. The van der Waals surface area contributed by atoms with Gasteiger partial charge in [-0.05, 0) is 40.2 Å². The molecular weight excluding hydrogens is 291 g/mol. The van der Waals surface area contributed by atoms with Gasteiger partial charge in [0.15, 0.2) is 5.75 Å². The van der Waals surface area contributed by atoms with Crippen molar-refractivity contribution < 1.29 is 4.74 Å². The van der Waals surface area contributed by atoms with Crippen LogP contribution in [0.3, 0.4) is 0 Å². The molecule has 0 aliphatic carbocycles. The number of nitrogens with two attached hydrogens (primary N) is 1. The monoisotopic (exact) mass is 298 g/mol. The molecule has 3 nitrogen and oxygen atoms in total. The minimum absolute atomic E-state index is 0.484. The normalized spacial score (nSPS) is 10.1. The van der Waals surface area contributed by atoms with Crippen molar-refractivity contribution in [1.29, 1.82) is 0 Å².